The third kappa shape index (κ3) is 4.32. The van der Waals surface area contributed by atoms with E-state index in [0.717, 1.165) is 24.4 Å². The minimum atomic E-state index is 0.367. The van der Waals surface area contributed by atoms with Gasteiger partial charge in [0.05, 0.1) is 3.79 Å². The molecule has 4 heteroatoms. The van der Waals surface area contributed by atoms with Gasteiger partial charge in [0.1, 0.15) is 0 Å². The van der Waals surface area contributed by atoms with Gasteiger partial charge in [-0.2, -0.15) is 0 Å². The molecule has 0 amide bonds. The summed E-state index contributed by atoms with van der Waals surface area (Å²) in [6.07, 6.45) is 2.13. The fourth-order valence-corrected chi connectivity index (χ4v) is 3.88. The molecule has 0 spiro atoms. The lowest BCUT2D eigenvalue weighted by molar-refractivity contribution is 0.536. The second kappa shape index (κ2) is 7.60. The highest BCUT2D eigenvalue weighted by Gasteiger charge is 2.15. The van der Waals surface area contributed by atoms with Crippen molar-refractivity contribution < 1.29 is 0 Å². The zero-order chi connectivity index (χ0) is 14.5. The van der Waals surface area contributed by atoms with Gasteiger partial charge >= 0.3 is 0 Å². The maximum atomic E-state index is 5.95. The van der Waals surface area contributed by atoms with E-state index in [-0.39, 0.29) is 0 Å². The Morgan fingerprint density at radius 2 is 2.00 bits per heavy atom. The Bertz CT molecular complexity index is 531. The number of halogens is 2. The summed E-state index contributed by atoms with van der Waals surface area (Å²) in [7, 11) is 0. The summed E-state index contributed by atoms with van der Waals surface area (Å²) in [6, 6.07) is 10.8. The van der Waals surface area contributed by atoms with Crippen molar-refractivity contribution in [1.82, 2.24) is 5.32 Å². The molecule has 1 aromatic carbocycles. The number of thiophene rings is 1. The maximum absolute atomic E-state index is 5.95. The lowest BCUT2D eigenvalue weighted by atomic mass is 10.0. The lowest BCUT2D eigenvalue weighted by Crippen LogP contribution is -2.23. The number of hydrogen-bond acceptors (Lipinski definition) is 2. The Kier molecular flexibility index (Phi) is 6.09. The van der Waals surface area contributed by atoms with Crippen LogP contribution in [0, 0.1) is 6.92 Å². The lowest BCUT2D eigenvalue weighted by Gasteiger charge is -2.17. The van der Waals surface area contributed by atoms with Gasteiger partial charge in [0.15, 0.2) is 0 Å². The van der Waals surface area contributed by atoms with E-state index >= 15 is 0 Å². The number of aryl methyl sites for hydroxylation is 1. The SMILES string of the molecule is CCCNC(Cc1ccc(Cl)cc1)c1cc(C)c(Br)s1. The molecule has 0 saturated heterocycles. The van der Waals surface area contributed by atoms with Gasteiger partial charge in [-0.3, -0.25) is 0 Å². The predicted octanol–water partition coefficient (Wildman–Crippen LogP) is 5.76. The fraction of sp³-hybridized carbons (Fsp3) is 0.375. The van der Waals surface area contributed by atoms with Gasteiger partial charge in [-0.05, 0) is 71.6 Å². The minimum absolute atomic E-state index is 0.367. The van der Waals surface area contributed by atoms with Gasteiger partial charge in [0.25, 0.3) is 0 Å². The highest BCUT2D eigenvalue weighted by molar-refractivity contribution is 9.11. The standard InChI is InChI=1S/C16H19BrClNS/c1-3-8-19-14(15-9-11(2)16(17)20-15)10-12-4-6-13(18)7-5-12/h4-7,9,14,19H,3,8,10H2,1-2H3. The molecule has 0 aliphatic carbocycles. The summed E-state index contributed by atoms with van der Waals surface area (Å²) in [6.45, 7) is 5.37. The van der Waals surface area contributed by atoms with E-state index in [1.807, 2.05) is 23.5 Å². The van der Waals surface area contributed by atoms with Gasteiger partial charge in [0.2, 0.25) is 0 Å². The van der Waals surface area contributed by atoms with Crippen molar-refractivity contribution in [2.24, 2.45) is 0 Å². The molecule has 0 fully saturated rings. The van der Waals surface area contributed by atoms with E-state index in [4.69, 9.17) is 11.6 Å². The maximum Gasteiger partial charge on any atom is 0.0731 e. The van der Waals surface area contributed by atoms with Crippen molar-refractivity contribution in [3.05, 3.63) is 55.1 Å². The third-order valence-electron chi connectivity index (χ3n) is 3.21. The van der Waals surface area contributed by atoms with E-state index in [1.165, 1.54) is 19.8 Å². The van der Waals surface area contributed by atoms with Crippen LogP contribution in [0.15, 0.2) is 34.1 Å². The van der Waals surface area contributed by atoms with E-state index in [0.29, 0.717) is 6.04 Å². The zero-order valence-corrected chi connectivity index (χ0v) is 14.9. The highest BCUT2D eigenvalue weighted by Crippen LogP contribution is 2.33. The van der Waals surface area contributed by atoms with Crippen LogP contribution in [0.2, 0.25) is 5.02 Å². The van der Waals surface area contributed by atoms with Crippen molar-refractivity contribution in [2.45, 2.75) is 32.7 Å². The van der Waals surface area contributed by atoms with E-state index in [1.54, 1.807) is 0 Å². The third-order valence-corrected chi connectivity index (χ3v) is 5.72. The van der Waals surface area contributed by atoms with Crippen LogP contribution < -0.4 is 5.32 Å². The molecular weight excluding hydrogens is 354 g/mol. The molecule has 1 heterocycles. The van der Waals surface area contributed by atoms with Crippen molar-refractivity contribution in [3.63, 3.8) is 0 Å². The van der Waals surface area contributed by atoms with Crippen LogP contribution in [0.1, 0.15) is 35.4 Å². The molecule has 1 aromatic heterocycles. The monoisotopic (exact) mass is 371 g/mol. The first kappa shape index (κ1) is 16.0. The van der Waals surface area contributed by atoms with Crippen LogP contribution in [0.25, 0.3) is 0 Å². The molecule has 0 saturated carbocycles. The Balaban J connectivity index is 2.16. The predicted molar refractivity (Wildman–Crippen MR) is 92.9 cm³/mol. The second-order valence-corrected chi connectivity index (χ2v) is 7.78. The number of benzene rings is 1. The smallest absolute Gasteiger partial charge is 0.0731 e. The van der Waals surface area contributed by atoms with Crippen molar-refractivity contribution in [3.8, 4) is 0 Å². The molecule has 0 radical (unpaired) electrons. The molecule has 1 atom stereocenters. The van der Waals surface area contributed by atoms with E-state index in [2.05, 4.69) is 53.3 Å². The number of hydrogen-bond donors (Lipinski definition) is 1. The van der Waals surface area contributed by atoms with Crippen molar-refractivity contribution in [2.75, 3.05) is 6.54 Å². The number of nitrogens with one attached hydrogen (secondary N) is 1. The normalized spacial score (nSPS) is 12.6. The van der Waals surface area contributed by atoms with Gasteiger partial charge < -0.3 is 5.32 Å². The van der Waals surface area contributed by atoms with Crippen molar-refractivity contribution >= 4 is 38.9 Å². The van der Waals surface area contributed by atoms with Crippen LogP contribution in [0.3, 0.4) is 0 Å². The second-order valence-electron chi connectivity index (χ2n) is 4.94. The van der Waals surface area contributed by atoms with Crippen LogP contribution in [-0.4, -0.2) is 6.54 Å². The molecule has 20 heavy (non-hydrogen) atoms. The Morgan fingerprint density at radius 1 is 1.30 bits per heavy atom. The summed E-state index contributed by atoms with van der Waals surface area (Å²) >= 11 is 11.4. The number of rotatable bonds is 6. The molecule has 2 rings (SSSR count). The van der Waals surface area contributed by atoms with E-state index in [9.17, 15) is 0 Å². The summed E-state index contributed by atoms with van der Waals surface area (Å²) in [5, 5.41) is 4.44. The summed E-state index contributed by atoms with van der Waals surface area (Å²) in [5.41, 5.74) is 2.62. The fourth-order valence-electron chi connectivity index (χ4n) is 2.10. The van der Waals surface area contributed by atoms with Crippen LogP contribution in [0.5, 0.6) is 0 Å². The molecule has 108 valence electrons. The molecule has 1 unspecified atom stereocenters. The first-order valence-corrected chi connectivity index (χ1v) is 8.82. The first-order valence-electron chi connectivity index (χ1n) is 6.83. The molecule has 2 aromatic rings. The van der Waals surface area contributed by atoms with Gasteiger partial charge in [-0.15, -0.1) is 11.3 Å². The molecular formula is C16H19BrClNS. The zero-order valence-electron chi connectivity index (χ0n) is 11.7. The van der Waals surface area contributed by atoms with Crippen LogP contribution in [-0.2, 0) is 6.42 Å². The molecule has 0 aliphatic heterocycles. The van der Waals surface area contributed by atoms with E-state index < -0.39 is 0 Å². The average Bonchev–Trinajstić information content (AvgIpc) is 2.77. The summed E-state index contributed by atoms with van der Waals surface area (Å²) in [4.78, 5) is 1.39. The quantitative estimate of drug-likeness (QED) is 0.680. The van der Waals surface area contributed by atoms with Crippen LogP contribution >= 0.6 is 38.9 Å². The van der Waals surface area contributed by atoms with Gasteiger partial charge in [0, 0.05) is 15.9 Å². The molecule has 1 nitrogen and oxygen atoms in total. The topological polar surface area (TPSA) is 12.0 Å². The molecule has 0 aliphatic rings. The molecule has 0 bridgehead atoms. The highest BCUT2D eigenvalue weighted by atomic mass is 79.9. The van der Waals surface area contributed by atoms with Crippen LogP contribution in [0.4, 0.5) is 0 Å². The van der Waals surface area contributed by atoms with Gasteiger partial charge in [-0.1, -0.05) is 30.7 Å². The molecule has 1 N–H and O–H groups in total. The summed E-state index contributed by atoms with van der Waals surface area (Å²) < 4.78 is 1.23. The summed E-state index contributed by atoms with van der Waals surface area (Å²) in [5.74, 6) is 0. The first-order chi connectivity index (χ1) is 9.60. The Hall–Kier alpha value is -0.350. The minimum Gasteiger partial charge on any atom is -0.309 e. The largest absolute Gasteiger partial charge is 0.309 e. The average molecular weight is 373 g/mol. The Labute approximate surface area is 138 Å². The Morgan fingerprint density at radius 3 is 2.55 bits per heavy atom. The van der Waals surface area contributed by atoms with Crippen molar-refractivity contribution in [1.29, 1.82) is 0 Å². The van der Waals surface area contributed by atoms with Gasteiger partial charge in [-0.25, -0.2) is 0 Å².